The van der Waals surface area contributed by atoms with Crippen molar-refractivity contribution in [3.8, 4) is 0 Å². The van der Waals surface area contributed by atoms with Gasteiger partial charge >= 0.3 is 0 Å². The van der Waals surface area contributed by atoms with Gasteiger partial charge in [-0.15, -0.1) is 0 Å². The number of aromatic nitrogens is 3. The average Bonchev–Trinajstić information content (AvgIpc) is 2.67. The molecule has 0 aromatic carbocycles. The van der Waals surface area contributed by atoms with Crippen LogP contribution in [-0.4, -0.2) is 15.0 Å². The molecule has 0 spiro atoms. The molecule has 2 N–H and O–H groups in total. The van der Waals surface area contributed by atoms with Crippen molar-refractivity contribution >= 4 is 5.95 Å². The lowest BCUT2D eigenvalue weighted by atomic mass is 10.3. The first kappa shape index (κ1) is 8.74. The van der Waals surface area contributed by atoms with Crippen LogP contribution in [0.3, 0.4) is 0 Å². The maximum absolute atomic E-state index is 4.37. The van der Waals surface area contributed by atoms with Gasteiger partial charge in [-0.25, -0.2) is 4.98 Å². The van der Waals surface area contributed by atoms with Crippen molar-refractivity contribution in [3.05, 3.63) is 42.0 Å². The smallest absolute Gasteiger partial charge is 0.200 e. The van der Waals surface area contributed by atoms with Crippen molar-refractivity contribution in [2.75, 3.05) is 5.32 Å². The largest absolute Gasteiger partial charge is 0.350 e. The zero-order chi connectivity index (χ0) is 9.80. The highest BCUT2D eigenvalue weighted by Crippen LogP contribution is 2.01. The van der Waals surface area contributed by atoms with Gasteiger partial charge in [-0.05, 0) is 19.1 Å². The Morgan fingerprint density at radius 3 is 3.07 bits per heavy atom. The van der Waals surface area contributed by atoms with E-state index in [0.29, 0.717) is 6.54 Å². The molecule has 0 atom stereocenters. The third-order valence-electron chi connectivity index (χ3n) is 1.88. The van der Waals surface area contributed by atoms with Crippen molar-refractivity contribution < 1.29 is 0 Å². The highest BCUT2D eigenvalue weighted by Gasteiger charge is 1.96. The molecule has 0 aliphatic carbocycles. The predicted octanol–water partition coefficient (Wildman–Crippen LogP) is 1.73. The van der Waals surface area contributed by atoms with E-state index in [1.807, 2.05) is 25.1 Å². The van der Waals surface area contributed by atoms with Crippen molar-refractivity contribution in [2.45, 2.75) is 13.5 Å². The van der Waals surface area contributed by atoms with Crippen LogP contribution < -0.4 is 5.32 Å². The van der Waals surface area contributed by atoms with Gasteiger partial charge in [0.15, 0.2) is 5.95 Å². The number of rotatable bonds is 3. The van der Waals surface area contributed by atoms with Gasteiger partial charge in [0.25, 0.3) is 0 Å². The van der Waals surface area contributed by atoms with Gasteiger partial charge in [0.1, 0.15) is 0 Å². The number of anilines is 1. The van der Waals surface area contributed by atoms with Crippen LogP contribution in [0.4, 0.5) is 5.95 Å². The van der Waals surface area contributed by atoms with E-state index in [1.54, 1.807) is 12.4 Å². The second-order valence-corrected chi connectivity index (χ2v) is 3.06. The molecule has 2 rings (SSSR count). The van der Waals surface area contributed by atoms with Crippen LogP contribution in [0.1, 0.15) is 11.4 Å². The Labute approximate surface area is 82.4 Å². The molecule has 0 aliphatic rings. The molecule has 2 aromatic rings. The summed E-state index contributed by atoms with van der Waals surface area (Å²) >= 11 is 0. The van der Waals surface area contributed by atoms with E-state index in [9.17, 15) is 0 Å². The topological polar surface area (TPSA) is 53.6 Å². The van der Waals surface area contributed by atoms with Gasteiger partial charge in [0, 0.05) is 18.1 Å². The van der Waals surface area contributed by atoms with Gasteiger partial charge in [-0.2, -0.15) is 0 Å². The Kier molecular flexibility index (Phi) is 2.44. The molecule has 0 fully saturated rings. The third-order valence-corrected chi connectivity index (χ3v) is 1.88. The minimum atomic E-state index is 0.690. The number of nitrogens with one attached hydrogen (secondary N) is 2. The number of pyridine rings is 1. The molecule has 0 aliphatic heterocycles. The first-order chi connectivity index (χ1) is 6.84. The average molecular weight is 188 g/mol. The molecule has 2 heterocycles. The minimum Gasteiger partial charge on any atom is -0.350 e. The Morgan fingerprint density at radius 2 is 2.36 bits per heavy atom. The Hall–Kier alpha value is -1.84. The SMILES string of the molecule is Cc1cccc(CNc2ncc[nH]2)n1. The first-order valence-corrected chi connectivity index (χ1v) is 4.50. The predicted molar refractivity (Wildman–Crippen MR) is 54.9 cm³/mol. The number of hydrogen-bond donors (Lipinski definition) is 2. The zero-order valence-electron chi connectivity index (χ0n) is 7.99. The molecule has 0 saturated heterocycles. The lowest BCUT2D eigenvalue weighted by Crippen LogP contribution is -2.03. The number of aryl methyl sites for hydroxylation is 1. The fourth-order valence-corrected chi connectivity index (χ4v) is 1.23. The quantitative estimate of drug-likeness (QED) is 0.771. The van der Waals surface area contributed by atoms with Gasteiger partial charge in [0.05, 0.1) is 12.2 Å². The molecule has 14 heavy (non-hydrogen) atoms. The summed E-state index contributed by atoms with van der Waals surface area (Å²) < 4.78 is 0. The Bertz CT molecular complexity index is 394. The summed E-state index contributed by atoms with van der Waals surface area (Å²) in [5.41, 5.74) is 2.05. The van der Waals surface area contributed by atoms with Crippen molar-refractivity contribution in [1.29, 1.82) is 0 Å². The molecule has 0 saturated carbocycles. The van der Waals surface area contributed by atoms with Crippen LogP contribution >= 0.6 is 0 Å². The third kappa shape index (κ3) is 2.10. The van der Waals surface area contributed by atoms with Gasteiger partial charge in [0.2, 0.25) is 0 Å². The van der Waals surface area contributed by atoms with Gasteiger partial charge in [-0.3, -0.25) is 4.98 Å². The number of nitrogens with zero attached hydrogens (tertiary/aromatic N) is 2. The van der Waals surface area contributed by atoms with Crippen molar-refractivity contribution in [3.63, 3.8) is 0 Å². The molecule has 2 aromatic heterocycles. The molecule has 0 amide bonds. The standard InChI is InChI=1S/C10H12N4/c1-8-3-2-4-9(14-8)7-13-10-11-5-6-12-10/h2-6H,7H2,1H3,(H2,11,12,13). The maximum Gasteiger partial charge on any atom is 0.200 e. The molecule has 4 nitrogen and oxygen atoms in total. The second kappa shape index (κ2) is 3.91. The second-order valence-electron chi connectivity index (χ2n) is 3.06. The fraction of sp³-hybridized carbons (Fsp3) is 0.200. The summed E-state index contributed by atoms with van der Waals surface area (Å²) in [6, 6.07) is 5.97. The zero-order valence-corrected chi connectivity index (χ0v) is 7.99. The fourth-order valence-electron chi connectivity index (χ4n) is 1.23. The summed E-state index contributed by atoms with van der Waals surface area (Å²) in [7, 11) is 0. The molecular weight excluding hydrogens is 176 g/mol. The summed E-state index contributed by atoms with van der Waals surface area (Å²) in [5, 5.41) is 3.14. The van der Waals surface area contributed by atoms with Crippen molar-refractivity contribution in [2.24, 2.45) is 0 Å². The lowest BCUT2D eigenvalue weighted by Gasteiger charge is -2.02. The van der Waals surface area contributed by atoms with Gasteiger partial charge < -0.3 is 10.3 Å². The summed E-state index contributed by atoms with van der Waals surface area (Å²) in [6.45, 7) is 2.67. The Morgan fingerprint density at radius 1 is 1.43 bits per heavy atom. The van der Waals surface area contributed by atoms with E-state index >= 15 is 0 Å². The highest BCUT2D eigenvalue weighted by atomic mass is 15.1. The first-order valence-electron chi connectivity index (χ1n) is 4.50. The molecule has 72 valence electrons. The maximum atomic E-state index is 4.37. The van der Waals surface area contributed by atoms with E-state index in [1.165, 1.54) is 0 Å². The van der Waals surface area contributed by atoms with Crippen LogP contribution in [0.25, 0.3) is 0 Å². The van der Waals surface area contributed by atoms with E-state index in [2.05, 4.69) is 20.3 Å². The van der Waals surface area contributed by atoms with Gasteiger partial charge in [-0.1, -0.05) is 6.07 Å². The summed E-state index contributed by atoms with van der Waals surface area (Å²) in [5.74, 6) is 0.772. The molecule has 0 unspecified atom stereocenters. The molecule has 0 bridgehead atoms. The molecule has 0 radical (unpaired) electrons. The van der Waals surface area contributed by atoms with Crippen molar-refractivity contribution in [1.82, 2.24) is 15.0 Å². The van der Waals surface area contributed by atoms with E-state index in [4.69, 9.17) is 0 Å². The number of H-pyrrole nitrogens is 1. The van der Waals surface area contributed by atoms with Crippen LogP contribution in [0, 0.1) is 6.92 Å². The molecule has 4 heteroatoms. The Balaban J connectivity index is 1.98. The monoisotopic (exact) mass is 188 g/mol. The lowest BCUT2D eigenvalue weighted by molar-refractivity contribution is 0.996. The van der Waals surface area contributed by atoms with Crippen LogP contribution in [0.2, 0.25) is 0 Å². The summed E-state index contributed by atoms with van der Waals surface area (Å²) in [6.07, 6.45) is 3.50. The number of aromatic amines is 1. The molecular formula is C10H12N4. The number of hydrogen-bond acceptors (Lipinski definition) is 3. The summed E-state index contributed by atoms with van der Waals surface area (Å²) in [4.78, 5) is 11.4. The van der Waals surface area contributed by atoms with Crippen LogP contribution in [-0.2, 0) is 6.54 Å². The highest BCUT2D eigenvalue weighted by molar-refractivity contribution is 5.24. The number of imidazole rings is 1. The van der Waals surface area contributed by atoms with E-state index in [0.717, 1.165) is 17.3 Å². The van der Waals surface area contributed by atoms with Crippen LogP contribution in [0.15, 0.2) is 30.6 Å². The van der Waals surface area contributed by atoms with Crippen LogP contribution in [0.5, 0.6) is 0 Å². The van der Waals surface area contributed by atoms with E-state index in [-0.39, 0.29) is 0 Å². The van der Waals surface area contributed by atoms with E-state index < -0.39 is 0 Å². The normalized spacial score (nSPS) is 10.1. The minimum absolute atomic E-state index is 0.690.